The molecule has 1 aromatic carbocycles. The number of hydroxylamine groups is 2. The van der Waals surface area contributed by atoms with Gasteiger partial charge in [-0.2, -0.15) is 0 Å². The number of hydrogen-bond donors (Lipinski definition) is 0. The monoisotopic (exact) mass is 322 g/mol. The van der Waals surface area contributed by atoms with Crippen LogP contribution in [-0.2, 0) is 25.7 Å². The zero-order valence-corrected chi connectivity index (χ0v) is 13.8. The molecule has 0 radical (unpaired) electrons. The molecule has 1 aliphatic heterocycles. The van der Waals surface area contributed by atoms with Gasteiger partial charge in [-0.3, -0.25) is 14.5 Å². The van der Waals surface area contributed by atoms with Gasteiger partial charge in [0.15, 0.2) is 0 Å². The van der Waals surface area contributed by atoms with E-state index in [1.165, 1.54) is 19.1 Å². The zero-order valence-electron chi connectivity index (χ0n) is 13.8. The number of carbonyl (C=O) groups is 2. The minimum absolute atomic E-state index is 0.0972. The first-order chi connectivity index (χ1) is 10.9. The maximum absolute atomic E-state index is 12.5. The first kappa shape index (κ1) is 17.2. The van der Waals surface area contributed by atoms with Gasteiger partial charge >= 0.3 is 6.09 Å². The zero-order chi connectivity index (χ0) is 17.0. The van der Waals surface area contributed by atoms with Crippen molar-refractivity contribution in [3.63, 3.8) is 0 Å². The molecule has 2 amide bonds. The van der Waals surface area contributed by atoms with E-state index in [0.717, 1.165) is 10.6 Å². The highest BCUT2D eigenvalue weighted by atomic mass is 16.7. The van der Waals surface area contributed by atoms with E-state index in [9.17, 15) is 9.59 Å². The maximum Gasteiger partial charge on any atom is 0.413 e. The summed E-state index contributed by atoms with van der Waals surface area (Å²) in [5, 5.41) is 1.08. The lowest BCUT2D eigenvalue weighted by molar-refractivity contribution is -0.173. The number of amides is 2. The highest BCUT2D eigenvalue weighted by Gasteiger charge is 2.49. The third-order valence-corrected chi connectivity index (χ3v) is 3.76. The molecule has 1 aromatic rings. The Kier molecular flexibility index (Phi) is 5.23. The van der Waals surface area contributed by atoms with Crippen LogP contribution < -0.4 is 0 Å². The molecule has 7 heteroatoms. The summed E-state index contributed by atoms with van der Waals surface area (Å²) in [4.78, 5) is 31.0. The maximum atomic E-state index is 12.5. The summed E-state index contributed by atoms with van der Waals surface area (Å²) in [7, 11) is 2.87. The molecule has 1 saturated heterocycles. The smallest absolute Gasteiger partial charge is 0.413 e. The third kappa shape index (κ3) is 3.80. The summed E-state index contributed by atoms with van der Waals surface area (Å²) in [6.07, 6.45) is -0.598. The molecule has 2 rings (SSSR count). The van der Waals surface area contributed by atoms with Crippen LogP contribution in [0.1, 0.15) is 19.4 Å². The Morgan fingerprint density at radius 1 is 1.35 bits per heavy atom. The summed E-state index contributed by atoms with van der Waals surface area (Å²) in [5.74, 6) is -0.366. The molecule has 0 N–H and O–H groups in total. The van der Waals surface area contributed by atoms with E-state index >= 15 is 0 Å². The van der Waals surface area contributed by atoms with Crippen LogP contribution in [0.2, 0.25) is 0 Å². The molecule has 1 aliphatic rings. The molecule has 0 bridgehead atoms. The van der Waals surface area contributed by atoms with Crippen molar-refractivity contribution in [1.29, 1.82) is 0 Å². The lowest BCUT2D eigenvalue weighted by Gasteiger charge is -2.32. The van der Waals surface area contributed by atoms with Crippen molar-refractivity contribution >= 4 is 12.0 Å². The van der Waals surface area contributed by atoms with E-state index < -0.39 is 17.9 Å². The SMILES string of the molecule is CON(C)C(=O)C1COC(C)(C)N1C(=O)OCc1ccccc1. The van der Waals surface area contributed by atoms with Crippen molar-refractivity contribution in [2.24, 2.45) is 0 Å². The molecule has 1 atom stereocenters. The molecule has 7 nitrogen and oxygen atoms in total. The second-order valence-corrected chi connectivity index (χ2v) is 5.70. The number of carbonyl (C=O) groups excluding carboxylic acids is 2. The first-order valence-corrected chi connectivity index (χ1v) is 7.32. The topological polar surface area (TPSA) is 68.3 Å². The summed E-state index contributed by atoms with van der Waals surface area (Å²) >= 11 is 0. The van der Waals surface area contributed by atoms with Gasteiger partial charge in [0.1, 0.15) is 18.4 Å². The quantitative estimate of drug-likeness (QED) is 0.791. The van der Waals surface area contributed by atoms with Crippen LogP contribution in [0.25, 0.3) is 0 Å². The number of benzene rings is 1. The number of nitrogens with zero attached hydrogens (tertiary/aromatic N) is 2. The molecule has 0 aromatic heterocycles. The van der Waals surface area contributed by atoms with Gasteiger partial charge in [0.2, 0.25) is 0 Å². The molecule has 0 aliphatic carbocycles. The molecule has 1 unspecified atom stereocenters. The van der Waals surface area contributed by atoms with E-state index in [2.05, 4.69) is 0 Å². The van der Waals surface area contributed by atoms with Crippen LogP contribution >= 0.6 is 0 Å². The van der Waals surface area contributed by atoms with Gasteiger partial charge in [-0.05, 0) is 19.4 Å². The fourth-order valence-corrected chi connectivity index (χ4v) is 2.42. The van der Waals surface area contributed by atoms with Gasteiger partial charge in [0.05, 0.1) is 13.7 Å². The second-order valence-electron chi connectivity index (χ2n) is 5.70. The van der Waals surface area contributed by atoms with Crippen LogP contribution in [-0.4, -0.2) is 54.5 Å². The van der Waals surface area contributed by atoms with E-state index in [1.807, 2.05) is 30.3 Å². The Labute approximate surface area is 135 Å². The number of hydrogen-bond acceptors (Lipinski definition) is 5. The van der Waals surface area contributed by atoms with Crippen molar-refractivity contribution in [3.05, 3.63) is 35.9 Å². The summed E-state index contributed by atoms with van der Waals surface area (Å²) < 4.78 is 10.9. The van der Waals surface area contributed by atoms with Crippen LogP contribution in [0.3, 0.4) is 0 Å². The molecular weight excluding hydrogens is 300 g/mol. The van der Waals surface area contributed by atoms with Gasteiger partial charge in [-0.1, -0.05) is 30.3 Å². The average Bonchev–Trinajstić information content (AvgIpc) is 2.87. The van der Waals surface area contributed by atoms with Crippen LogP contribution in [0.5, 0.6) is 0 Å². The highest BCUT2D eigenvalue weighted by molar-refractivity contribution is 5.85. The Hall–Kier alpha value is -2.12. The minimum atomic E-state index is -0.928. The lowest BCUT2D eigenvalue weighted by Crippen LogP contribution is -2.53. The normalized spacial score (nSPS) is 19.5. The summed E-state index contributed by atoms with van der Waals surface area (Å²) in [6, 6.07) is 8.56. The second kappa shape index (κ2) is 6.97. The molecule has 23 heavy (non-hydrogen) atoms. The average molecular weight is 322 g/mol. The Morgan fingerprint density at radius 3 is 2.61 bits per heavy atom. The predicted octanol–water partition coefficient (Wildman–Crippen LogP) is 1.78. The van der Waals surface area contributed by atoms with Crippen molar-refractivity contribution in [2.45, 2.75) is 32.2 Å². The highest BCUT2D eigenvalue weighted by Crippen LogP contribution is 2.29. The van der Waals surface area contributed by atoms with Crippen molar-refractivity contribution in [2.75, 3.05) is 20.8 Å². The molecular formula is C16H22N2O5. The Balaban J connectivity index is 2.09. The van der Waals surface area contributed by atoms with Gasteiger partial charge in [0, 0.05) is 7.05 Å². The molecule has 0 saturated carbocycles. The first-order valence-electron chi connectivity index (χ1n) is 7.32. The van der Waals surface area contributed by atoms with E-state index in [-0.39, 0.29) is 19.1 Å². The van der Waals surface area contributed by atoms with Gasteiger partial charge < -0.3 is 9.47 Å². The third-order valence-electron chi connectivity index (χ3n) is 3.76. The minimum Gasteiger partial charge on any atom is -0.444 e. The summed E-state index contributed by atoms with van der Waals surface area (Å²) in [5.41, 5.74) is -0.0569. The number of likely N-dealkylation sites (N-methyl/N-ethyl adjacent to an activating group) is 1. The Morgan fingerprint density at radius 2 is 2.00 bits per heavy atom. The van der Waals surface area contributed by atoms with E-state index in [1.54, 1.807) is 13.8 Å². The van der Waals surface area contributed by atoms with Crippen LogP contribution in [0, 0.1) is 0 Å². The van der Waals surface area contributed by atoms with E-state index in [4.69, 9.17) is 14.3 Å². The number of rotatable bonds is 4. The predicted molar refractivity (Wildman–Crippen MR) is 82.1 cm³/mol. The number of ether oxygens (including phenoxy) is 2. The van der Waals surface area contributed by atoms with Crippen molar-refractivity contribution in [1.82, 2.24) is 9.96 Å². The summed E-state index contributed by atoms with van der Waals surface area (Å²) in [6.45, 7) is 3.67. The fourth-order valence-electron chi connectivity index (χ4n) is 2.42. The Bertz CT molecular complexity index is 561. The van der Waals surface area contributed by atoms with Crippen LogP contribution in [0.15, 0.2) is 30.3 Å². The van der Waals surface area contributed by atoms with Gasteiger partial charge in [-0.15, -0.1) is 0 Å². The molecule has 126 valence electrons. The van der Waals surface area contributed by atoms with Gasteiger partial charge in [0.25, 0.3) is 5.91 Å². The van der Waals surface area contributed by atoms with Gasteiger partial charge in [-0.25, -0.2) is 9.86 Å². The largest absolute Gasteiger partial charge is 0.444 e. The standard InChI is InChI=1S/C16H22N2O5/c1-16(2)18(13(11-23-16)14(19)17(3)21-4)15(20)22-10-12-8-6-5-7-9-12/h5-9,13H,10-11H2,1-4H3. The van der Waals surface area contributed by atoms with E-state index in [0.29, 0.717) is 0 Å². The molecule has 1 fully saturated rings. The van der Waals surface area contributed by atoms with Crippen molar-refractivity contribution < 1.29 is 23.9 Å². The lowest BCUT2D eigenvalue weighted by atomic mass is 10.2. The van der Waals surface area contributed by atoms with Crippen LogP contribution in [0.4, 0.5) is 4.79 Å². The molecule has 0 spiro atoms. The fraction of sp³-hybridized carbons (Fsp3) is 0.500. The van der Waals surface area contributed by atoms with Crippen molar-refractivity contribution in [3.8, 4) is 0 Å². The molecule has 1 heterocycles.